The first-order valence-corrected chi connectivity index (χ1v) is 8.98. The predicted molar refractivity (Wildman–Crippen MR) is 97.6 cm³/mol. The number of hydrogen-bond donors (Lipinski definition) is 2. The average molecular weight is 340 g/mol. The molecule has 0 bridgehead atoms. The van der Waals surface area contributed by atoms with E-state index in [4.69, 9.17) is 4.74 Å². The Hall–Kier alpha value is -1.95. The number of anilines is 1. The maximum atomic E-state index is 12.5. The molecule has 0 radical (unpaired) electrons. The number of ether oxygens (including phenoxy) is 1. The van der Waals surface area contributed by atoms with E-state index < -0.39 is 6.10 Å². The van der Waals surface area contributed by atoms with Gasteiger partial charge in [0.15, 0.2) is 0 Å². The molecule has 132 valence electrons. The maximum absolute atomic E-state index is 12.5. The number of β-amino-alcohol motifs (C(OH)–C–C–N with tert-alkyl or cyclic N) is 1. The lowest BCUT2D eigenvalue weighted by molar-refractivity contribution is -0.135. The fourth-order valence-electron chi connectivity index (χ4n) is 4.07. The molecule has 0 aromatic heterocycles. The molecule has 0 aliphatic carbocycles. The van der Waals surface area contributed by atoms with Gasteiger partial charge >= 0.3 is 0 Å². The van der Waals surface area contributed by atoms with Gasteiger partial charge in [-0.3, -0.25) is 9.69 Å². The lowest BCUT2D eigenvalue weighted by Crippen LogP contribution is -2.56. The lowest BCUT2D eigenvalue weighted by atomic mass is 9.86. The molecule has 2 aromatic carbocycles. The Labute approximate surface area is 147 Å². The number of rotatable bonds is 3. The molecule has 2 atom stereocenters. The molecular weight excluding hydrogens is 316 g/mol. The molecule has 2 saturated heterocycles. The quantitative estimate of drug-likeness (QED) is 0.901. The van der Waals surface area contributed by atoms with E-state index in [1.807, 2.05) is 47.4 Å². The molecule has 5 nitrogen and oxygen atoms in total. The van der Waals surface area contributed by atoms with Gasteiger partial charge in [0.2, 0.25) is 5.91 Å². The molecule has 2 heterocycles. The van der Waals surface area contributed by atoms with Crippen LogP contribution in [-0.2, 0) is 9.53 Å². The van der Waals surface area contributed by atoms with Crippen molar-refractivity contribution in [3.8, 4) is 0 Å². The third-order valence-corrected chi connectivity index (χ3v) is 5.45. The van der Waals surface area contributed by atoms with Crippen molar-refractivity contribution in [2.24, 2.45) is 0 Å². The van der Waals surface area contributed by atoms with Crippen LogP contribution in [0.3, 0.4) is 0 Å². The molecule has 0 saturated carbocycles. The minimum absolute atomic E-state index is 0.0492. The number of aliphatic hydroxyl groups excluding tert-OH is 1. The number of benzene rings is 2. The number of piperidine rings is 1. The summed E-state index contributed by atoms with van der Waals surface area (Å²) >= 11 is 0. The van der Waals surface area contributed by atoms with Crippen LogP contribution in [0.25, 0.3) is 10.8 Å². The predicted octanol–water partition coefficient (Wildman–Crippen LogP) is 2.39. The number of fused-ring (bicyclic) bond motifs is 1. The van der Waals surface area contributed by atoms with Crippen LogP contribution in [0, 0.1) is 0 Å². The van der Waals surface area contributed by atoms with Crippen LogP contribution >= 0.6 is 0 Å². The molecule has 2 aliphatic heterocycles. The highest BCUT2D eigenvalue weighted by molar-refractivity contribution is 6.02. The molecule has 25 heavy (non-hydrogen) atoms. The lowest BCUT2D eigenvalue weighted by Gasteiger charge is -2.42. The van der Waals surface area contributed by atoms with E-state index in [-0.39, 0.29) is 18.1 Å². The van der Waals surface area contributed by atoms with Crippen molar-refractivity contribution in [3.05, 3.63) is 42.5 Å². The fourth-order valence-corrected chi connectivity index (χ4v) is 4.07. The molecule has 1 amide bonds. The topological polar surface area (TPSA) is 61.8 Å². The van der Waals surface area contributed by atoms with E-state index in [0.29, 0.717) is 6.54 Å². The van der Waals surface area contributed by atoms with E-state index >= 15 is 0 Å². The SMILES string of the molecule is O=C(CN1CC[C@@]2(CCCO2)[C@@H](O)C1)Nc1cccc2ccccc12. The largest absolute Gasteiger partial charge is 0.389 e. The Bertz CT molecular complexity index is 765. The van der Waals surface area contributed by atoms with Gasteiger partial charge in [0, 0.05) is 30.8 Å². The smallest absolute Gasteiger partial charge is 0.238 e. The van der Waals surface area contributed by atoms with Gasteiger partial charge in [0.1, 0.15) is 0 Å². The molecule has 4 rings (SSSR count). The van der Waals surface area contributed by atoms with Gasteiger partial charge in [-0.25, -0.2) is 0 Å². The van der Waals surface area contributed by atoms with Crippen molar-refractivity contribution in [2.75, 3.05) is 31.6 Å². The van der Waals surface area contributed by atoms with Crippen LogP contribution in [0.4, 0.5) is 5.69 Å². The van der Waals surface area contributed by atoms with Crippen LogP contribution in [0.1, 0.15) is 19.3 Å². The number of amides is 1. The third-order valence-electron chi connectivity index (χ3n) is 5.45. The molecular formula is C20H24N2O3. The summed E-state index contributed by atoms with van der Waals surface area (Å²) in [5, 5.41) is 15.6. The molecule has 2 aromatic rings. The highest BCUT2D eigenvalue weighted by atomic mass is 16.5. The van der Waals surface area contributed by atoms with E-state index in [2.05, 4.69) is 5.32 Å². The number of hydrogen-bond acceptors (Lipinski definition) is 4. The second kappa shape index (κ2) is 6.75. The first-order valence-electron chi connectivity index (χ1n) is 8.98. The van der Waals surface area contributed by atoms with Gasteiger partial charge < -0.3 is 15.2 Å². The molecule has 5 heteroatoms. The summed E-state index contributed by atoms with van der Waals surface area (Å²) in [4.78, 5) is 14.5. The van der Waals surface area contributed by atoms with Crippen molar-refractivity contribution in [3.63, 3.8) is 0 Å². The van der Waals surface area contributed by atoms with Crippen LogP contribution in [0.5, 0.6) is 0 Å². The van der Waals surface area contributed by atoms with Gasteiger partial charge in [-0.1, -0.05) is 36.4 Å². The highest BCUT2D eigenvalue weighted by Crippen LogP contribution is 2.35. The number of carbonyl (C=O) groups is 1. The number of likely N-dealkylation sites (tertiary alicyclic amines) is 1. The minimum Gasteiger partial charge on any atom is -0.389 e. The maximum Gasteiger partial charge on any atom is 0.238 e. The summed E-state index contributed by atoms with van der Waals surface area (Å²) in [6, 6.07) is 13.9. The first kappa shape index (κ1) is 16.5. The van der Waals surface area contributed by atoms with Crippen LogP contribution in [0.2, 0.25) is 0 Å². The molecule has 2 N–H and O–H groups in total. The fraction of sp³-hybridized carbons (Fsp3) is 0.450. The van der Waals surface area contributed by atoms with Crippen molar-refractivity contribution >= 4 is 22.4 Å². The second-order valence-electron chi connectivity index (χ2n) is 7.09. The van der Waals surface area contributed by atoms with Gasteiger partial charge in [-0.2, -0.15) is 0 Å². The van der Waals surface area contributed by atoms with E-state index in [1.54, 1.807) is 0 Å². The van der Waals surface area contributed by atoms with Gasteiger partial charge in [0.25, 0.3) is 0 Å². The average Bonchev–Trinajstić information content (AvgIpc) is 3.09. The summed E-state index contributed by atoms with van der Waals surface area (Å²) in [6.07, 6.45) is 2.20. The van der Waals surface area contributed by atoms with Gasteiger partial charge in [-0.15, -0.1) is 0 Å². The molecule has 1 spiro atoms. The summed E-state index contributed by atoms with van der Waals surface area (Å²) in [5.74, 6) is -0.0492. The Kier molecular flexibility index (Phi) is 4.46. The summed E-state index contributed by atoms with van der Waals surface area (Å²) in [5.41, 5.74) is 0.457. The summed E-state index contributed by atoms with van der Waals surface area (Å²) in [7, 11) is 0. The highest BCUT2D eigenvalue weighted by Gasteiger charge is 2.45. The Morgan fingerprint density at radius 3 is 2.88 bits per heavy atom. The Balaban J connectivity index is 1.39. The zero-order valence-electron chi connectivity index (χ0n) is 14.3. The third kappa shape index (κ3) is 3.27. The van der Waals surface area contributed by atoms with Gasteiger partial charge in [-0.05, 0) is 30.7 Å². The number of carbonyl (C=O) groups excluding carboxylic acids is 1. The number of nitrogens with zero attached hydrogens (tertiary/aromatic N) is 1. The van der Waals surface area contributed by atoms with E-state index in [1.165, 1.54) is 0 Å². The second-order valence-corrected chi connectivity index (χ2v) is 7.09. The molecule has 2 aliphatic rings. The zero-order valence-corrected chi connectivity index (χ0v) is 14.3. The van der Waals surface area contributed by atoms with E-state index in [0.717, 1.165) is 48.9 Å². The number of nitrogens with one attached hydrogen (secondary N) is 1. The van der Waals surface area contributed by atoms with Crippen LogP contribution in [-0.4, -0.2) is 53.9 Å². The van der Waals surface area contributed by atoms with E-state index in [9.17, 15) is 9.90 Å². The summed E-state index contributed by atoms with van der Waals surface area (Å²) in [6.45, 7) is 2.29. The Morgan fingerprint density at radius 2 is 2.08 bits per heavy atom. The first-order chi connectivity index (χ1) is 12.2. The van der Waals surface area contributed by atoms with Crippen molar-refractivity contribution < 1.29 is 14.6 Å². The van der Waals surface area contributed by atoms with Crippen molar-refractivity contribution in [1.82, 2.24) is 4.90 Å². The minimum atomic E-state index is -0.519. The van der Waals surface area contributed by atoms with Crippen LogP contribution in [0.15, 0.2) is 42.5 Å². The van der Waals surface area contributed by atoms with Crippen molar-refractivity contribution in [1.29, 1.82) is 0 Å². The van der Waals surface area contributed by atoms with Crippen LogP contribution < -0.4 is 5.32 Å². The standard InChI is InChI=1S/C20H24N2O3/c23-18-13-22(11-10-20(18)9-4-12-25-20)14-19(24)21-17-8-3-6-15-5-1-2-7-16(15)17/h1-3,5-8,18,23H,4,9-14H2,(H,21,24)/t18-,20-/m0/s1. The van der Waals surface area contributed by atoms with Gasteiger partial charge in [0.05, 0.1) is 18.2 Å². The number of aliphatic hydroxyl groups is 1. The molecule has 2 fully saturated rings. The van der Waals surface area contributed by atoms with Crippen molar-refractivity contribution in [2.45, 2.75) is 31.0 Å². The normalized spacial score (nSPS) is 27.0. The Morgan fingerprint density at radius 1 is 1.24 bits per heavy atom. The molecule has 0 unspecified atom stereocenters. The summed E-state index contributed by atoms with van der Waals surface area (Å²) < 4.78 is 5.81. The monoisotopic (exact) mass is 340 g/mol. The zero-order chi connectivity index (χ0) is 17.3.